The second kappa shape index (κ2) is 9.13. The molecule has 0 aromatic heterocycles. The smallest absolute Gasteiger partial charge is 0.267 e. The molecule has 0 saturated carbocycles. The van der Waals surface area contributed by atoms with E-state index in [1.807, 2.05) is 0 Å². The number of nitrogens with one attached hydrogen (secondary N) is 1. The van der Waals surface area contributed by atoms with E-state index in [1.165, 1.54) is 32.4 Å². The number of hydrogen-bond donors (Lipinski definition) is 1. The minimum absolute atomic E-state index is 0.00674. The summed E-state index contributed by atoms with van der Waals surface area (Å²) in [6, 6.07) is 8.96. The van der Waals surface area contributed by atoms with Gasteiger partial charge in [0.2, 0.25) is 6.10 Å². The molecule has 2 heterocycles. The quantitative estimate of drug-likeness (QED) is 0.685. The summed E-state index contributed by atoms with van der Waals surface area (Å²) in [5.74, 6) is 1.27. The van der Waals surface area contributed by atoms with Gasteiger partial charge in [-0.1, -0.05) is 0 Å². The summed E-state index contributed by atoms with van der Waals surface area (Å²) in [7, 11) is -0.975. The molecule has 11 heteroatoms. The van der Waals surface area contributed by atoms with Gasteiger partial charge in [0.05, 0.1) is 38.0 Å². The zero-order valence-electron chi connectivity index (χ0n) is 17.7. The van der Waals surface area contributed by atoms with Crippen molar-refractivity contribution in [1.82, 2.24) is 4.90 Å². The molecule has 0 unspecified atom stereocenters. The van der Waals surface area contributed by atoms with Crippen LogP contribution in [0.15, 0.2) is 41.3 Å². The summed E-state index contributed by atoms with van der Waals surface area (Å²) in [4.78, 5) is 14.3. The number of methoxy groups -OCH3 is 2. The van der Waals surface area contributed by atoms with Crippen LogP contribution < -0.4 is 23.7 Å². The summed E-state index contributed by atoms with van der Waals surface area (Å²) < 4.78 is 55.4. The summed E-state index contributed by atoms with van der Waals surface area (Å²) in [5.41, 5.74) is 0.285. The fourth-order valence-corrected chi connectivity index (χ4v) is 4.46. The van der Waals surface area contributed by atoms with Gasteiger partial charge in [-0.15, -0.1) is 0 Å². The Bertz CT molecular complexity index is 1080. The summed E-state index contributed by atoms with van der Waals surface area (Å²) in [5, 5.41) is 0. The maximum absolute atomic E-state index is 12.9. The van der Waals surface area contributed by atoms with Crippen LogP contribution in [0.3, 0.4) is 0 Å². The molecular formula is C21H24N2O8S. The number of fused-ring (bicyclic) bond motifs is 1. The number of hydrogen-bond acceptors (Lipinski definition) is 8. The standard InChI is InChI=1S/C21H24N2O8S/c1-27-15-9-14(10-16(11-15)28-2)22-32(25,26)17-3-4-18-19(12-17)30-13-20(31-18)21(24)23-5-7-29-8-6-23/h3-4,9-12,20,22H,5-8,13H2,1-2H3/t20-/m0/s1. The van der Waals surface area contributed by atoms with E-state index in [1.54, 1.807) is 23.1 Å². The van der Waals surface area contributed by atoms with Crippen LogP contribution in [0.1, 0.15) is 0 Å². The predicted octanol–water partition coefficient (Wildman–Crippen LogP) is 1.50. The molecule has 32 heavy (non-hydrogen) atoms. The highest BCUT2D eigenvalue weighted by Gasteiger charge is 2.32. The maximum atomic E-state index is 12.9. The Morgan fingerprint density at radius 2 is 1.72 bits per heavy atom. The molecule has 1 atom stereocenters. The van der Waals surface area contributed by atoms with Gasteiger partial charge in [0.25, 0.3) is 15.9 Å². The Morgan fingerprint density at radius 3 is 2.38 bits per heavy atom. The number of ether oxygens (including phenoxy) is 5. The SMILES string of the molecule is COc1cc(NS(=O)(=O)c2ccc3c(c2)OC[C@@H](C(=O)N2CCOCC2)O3)cc(OC)c1. The molecule has 2 aromatic carbocycles. The van der Waals surface area contributed by atoms with Crippen molar-refractivity contribution in [2.24, 2.45) is 0 Å². The Hall–Kier alpha value is -3.18. The lowest BCUT2D eigenvalue weighted by Crippen LogP contribution is -2.50. The monoisotopic (exact) mass is 464 g/mol. The van der Waals surface area contributed by atoms with Gasteiger partial charge in [-0.2, -0.15) is 0 Å². The first kappa shape index (κ1) is 22.0. The molecule has 2 aliphatic rings. The van der Waals surface area contributed by atoms with E-state index in [-0.39, 0.29) is 28.8 Å². The van der Waals surface area contributed by atoms with Gasteiger partial charge in [-0.05, 0) is 12.1 Å². The van der Waals surface area contributed by atoms with Crippen molar-refractivity contribution in [2.75, 3.05) is 51.9 Å². The minimum atomic E-state index is -3.93. The lowest BCUT2D eigenvalue weighted by atomic mass is 10.2. The zero-order chi connectivity index (χ0) is 22.7. The number of morpholine rings is 1. The van der Waals surface area contributed by atoms with Crippen molar-refractivity contribution in [1.29, 1.82) is 0 Å². The average molecular weight is 464 g/mol. The van der Waals surface area contributed by atoms with Crippen LogP contribution in [0, 0.1) is 0 Å². The third kappa shape index (κ3) is 4.68. The number of nitrogens with zero attached hydrogens (tertiary/aromatic N) is 1. The van der Waals surface area contributed by atoms with Crippen LogP contribution in [0.2, 0.25) is 0 Å². The van der Waals surface area contributed by atoms with Gasteiger partial charge in [0.1, 0.15) is 18.1 Å². The van der Waals surface area contributed by atoms with Crippen LogP contribution >= 0.6 is 0 Å². The molecule has 0 spiro atoms. The molecule has 172 valence electrons. The van der Waals surface area contributed by atoms with Crippen molar-refractivity contribution in [3.8, 4) is 23.0 Å². The normalized spacial score (nSPS) is 18.1. The summed E-state index contributed by atoms with van der Waals surface area (Å²) >= 11 is 0. The second-order valence-corrected chi connectivity index (χ2v) is 8.85. The lowest BCUT2D eigenvalue weighted by molar-refractivity contribution is -0.145. The molecule has 0 bridgehead atoms. The summed E-state index contributed by atoms with van der Waals surface area (Å²) in [6.45, 7) is 1.98. The Kier molecular flexibility index (Phi) is 6.28. The number of benzene rings is 2. The lowest BCUT2D eigenvalue weighted by Gasteiger charge is -2.32. The Labute approximate surface area is 186 Å². The van der Waals surface area contributed by atoms with Gasteiger partial charge >= 0.3 is 0 Å². The van der Waals surface area contributed by atoms with E-state index in [0.29, 0.717) is 43.6 Å². The van der Waals surface area contributed by atoms with Crippen LogP contribution in [-0.4, -0.2) is 72.5 Å². The van der Waals surface area contributed by atoms with E-state index in [9.17, 15) is 13.2 Å². The van der Waals surface area contributed by atoms with Crippen LogP contribution in [0.5, 0.6) is 23.0 Å². The fourth-order valence-electron chi connectivity index (χ4n) is 3.41. The third-order valence-electron chi connectivity index (χ3n) is 5.09. The third-order valence-corrected chi connectivity index (χ3v) is 6.47. The molecule has 0 radical (unpaired) electrons. The van der Waals surface area contributed by atoms with Gasteiger partial charge in [0.15, 0.2) is 11.5 Å². The number of carbonyl (C=O) groups is 1. The maximum Gasteiger partial charge on any atom is 0.267 e. The van der Waals surface area contributed by atoms with Crippen LogP contribution in [0.4, 0.5) is 5.69 Å². The molecule has 0 aliphatic carbocycles. The van der Waals surface area contributed by atoms with Gasteiger partial charge < -0.3 is 28.6 Å². The number of amides is 1. The van der Waals surface area contributed by atoms with Crippen molar-refractivity contribution >= 4 is 21.6 Å². The van der Waals surface area contributed by atoms with Gasteiger partial charge in [0, 0.05) is 37.4 Å². The van der Waals surface area contributed by atoms with Crippen molar-refractivity contribution < 1.29 is 36.9 Å². The van der Waals surface area contributed by atoms with Crippen molar-refractivity contribution in [3.63, 3.8) is 0 Å². The molecule has 2 aromatic rings. The van der Waals surface area contributed by atoms with Crippen LogP contribution in [-0.2, 0) is 19.6 Å². The van der Waals surface area contributed by atoms with Gasteiger partial charge in [-0.25, -0.2) is 8.42 Å². The minimum Gasteiger partial charge on any atom is -0.497 e. The zero-order valence-corrected chi connectivity index (χ0v) is 18.5. The molecular weight excluding hydrogens is 440 g/mol. The Morgan fingerprint density at radius 1 is 1.03 bits per heavy atom. The van der Waals surface area contributed by atoms with E-state index in [4.69, 9.17) is 23.7 Å². The van der Waals surface area contributed by atoms with E-state index in [0.717, 1.165) is 0 Å². The highest BCUT2D eigenvalue weighted by molar-refractivity contribution is 7.92. The number of anilines is 1. The van der Waals surface area contributed by atoms with Crippen molar-refractivity contribution in [2.45, 2.75) is 11.0 Å². The average Bonchev–Trinajstić information content (AvgIpc) is 2.82. The van der Waals surface area contributed by atoms with E-state index < -0.39 is 16.1 Å². The molecule has 4 rings (SSSR count). The first-order valence-corrected chi connectivity index (χ1v) is 11.4. The molecule has 1 amide bonds. The first-order valence-electron chi connectivity index (χ1n) is 9.95. The highest BCUT2D eigenvalue weighted by atomic mass is 32.2. The predicted molar refractivity (Wildman–Crippen MR) is 114 cm³/mol. The fraction of sp³-hybridized carbons (Fsp3) is 0.381. The highest BCUT2D eigenvalue weighted by Crippen LogP contribution is 2.35. The number of rotatable bonds is 6. The molecule has 10 nitrogen and oxygen atoms in total. The first-order chi connectivity index (χ1) is 15.4. The van der Waals surface area contributed by atoms with Crippen LogP contribution in [0.25, 0.3) is 0 Å². The number of carbonyl (C=O) groups excluding carboxylic acids is 1. The second-order valence-electron chi connectivity index (χ2n) is 7.17. The largest absolute Gasteiger partial charge is 0.497 e. The van der Waals surface area contributed by atoms with E-state index >= 15 is 0 Å². The molecule has 1 N–H and O–H groups in total. The molecule has 1 fully saturated rings. The summed E-state index contributed by atoms with van der Waals surface area (Å²) in [6.07, 6.45) is -0.787. The molecule has 2 aliphatic heterocycles. The van der Waals surface area contributed by atoms with Gasteiger partial charge in [-0.3, -0.25) is 9.52 Å². The number of sulfonamides is 1. The van der Waals surface area contributed by atoms with E-state index in [2.05, 4.69) is 4.72 Å². The van der Waals surface area contributed by atoms with Crippen molar-refractivity contribution in [3.05, 3.63) is 36.4 Å². The Balaban J connectivity index is 1.50. The molecule has 1 saturated heterocycles. The topological polar surface area (TPSA) is 113 Å².